The molecule has 3 fully saturated rings. The summed E-state index contributed by atoms with van der Waals surface area (Å²) >= 11 is 0.699. The fourth-order valence-corrected chi connectivity index (χ4v) is 7.66. The van der Waals surface area contributed by atoms with Crippen LogP contribution >= 0.6 is 11.8 Å². The number of esters is 1. The van der Waals surface area contributed by atoms with Gasteiger partial charge in [-0.25, -0.2) is 0 Å². The Balaban J connectivity index is 1.48. The van der Waals surface area contributed by atoms with Crippen molar-refractivity contribution in [3.63, 3.8) is 0 Å². The van der Waals surface area contributed by atoms with Crippen molar-refractivity contribution in [2.75, 3.05) is 0 Å². The molecule has 4 heterocycles. The third-order valence-corrected chi connectivity index (χ3v) is 9.27. The average molecular weight is 421 g/mol. The van der Waals surface area contributed by atoms with Crippen LogP contribution in [0.3, 0.4) is 0 Å². The molecule has 0 spiro atoms. The van der Waals surface area contributed by atoms with Crippen LogP contribution in [0.15, 0.2) is 9.66 Å². The Morgan fingerprint density at radius 3 is 3.00 bits per heavy atom. The van der Waals surface area contributed by atoms with Crippen LogP contribution < -0.4 is 21.2 Å². The molecule has 0 radical (unpaired) electrons. The molecule has 0 aromatic carbocycles. The van der Waals surface area contributed by atoms with Crippen molar-refractivity contribution in [3.8, 4) is 0 Å². The number of alkyl halides is 1. The molecule has 0 N–H and O–H groups in total. The summed E-state index contributed by atoms with van der Waals surface area (Å²) in [6.07, 6.45) is 5.84. The number of fused-ring (bicyclic) bond motifs is 4. The van der Waals surface area contributed by atoms with E-state index in [2.05, 4.69) is 0 Å². The second-order valence-electron chi connectivity index (χ2n) is 6.33. The van der Waals surface area contributed by atoms with Crippen molar-refractivity contribution >= 4 is 23.0 Å². The number of ether oxygens (including phenoxy) is 3. The van der Waals surface area contributed by atoms with Gasteiger partial charge < -0.3 is 0 Å². The molecule has 1 saturated carbocycles. The van der Waals surface area contributed by atoms with E-state index in [1.807, 2.05) is 6.08 Å². The summed E-state index contributed by atoms with van der Waals surface area (Å²) in [5.41, 5.74) is -0.131. The van der Waals surface area contributed by atoms with Crippen LogP contribution in [0.5, 0.6) is 0 Å². The number of carbonyl (C=O) groups excluding carboxylic acids is 2. The Labute approximate surface area is 136 Å². The number of hydrogen-bond acceptors (Lipinski definition) is 6. The predicted octanol–water partition coefficient (Wildman–Crippen LogP) is -1.20. The summed E-state index contributed by atoms with van der Waals surface area (Å²) in [5, 5.41) is -0.362. The van der Waals surface area contributed by atoms with Gasteiger partial charge in [-0.15, -0.1) is 0 Å². The standard InChI is InChI=1S/C14H14IO5S/c16-11-7-3-8(18-11)10-9(19-13(17)21-10)5-14(4-6-1-2-6)12(15-7)20-14/h3,6,8-10,12H,1-2,4-5H2/q-1/t8-,9+,10+,12+,14+/m1/s1. The molecule has 5 rings (SSSR count). The monoisotopic (exact) mass is 421 g/mol. The Morgan fingerprint density at radius 1 is 1.33 bits per heavy atom. The minimum atomic E-state index is -0.472. The maximum atomic E-state index is 12.0. The van der Waals surface area contributed by atoms with E-state index in [9.17, 15) is 9.59 Å². The van der Waals surface area contributed by atoms with Gasteiger partial charge in [0, 0.05) is 0 Å². The second kappa shape index (κ2) is 4.38. The van der Waals surface area contributed by atoms with Crippen LogP contribution in [0.2, 0.25) is 0 Å². The number of halogens is 1. The number of hydrogen-bond donors (Lipinski definition) is 0. The SMILES string of the molecule is O=C1O[C@H]2C[C@]3(CC4CC4)O[C@@H]3[I-]C3=C[C@@H](OC3=O)[C@@H]2S1. The van der Waals surface area contributed by atoms with Gasteiger partial charge in [-0.3, -0.25) is 0 Å². The number of rotatable bonds is 2. The van der Waals surface area contributed by atoms with Gasteiger partial charge in [0.25, 0.3) is 0 Å². The van der Waals surface area contributed by atoms with Crippen molar-refractivity contribution in [2.45, 2.75) is 52.9 Å². The third-order valence-electron chi connectivity index (χ3n) is 4.71. The number of carbonyl (C=O) groups is 2. The van der Waals surface area contributed by atoms with Gasteiger partial charge in [0.15, 0.2) is 0 Å². The molecule has 4 aliphatic heterocycles. The van der Waals surface area contributed by atoms with Crippen LogP contribution in [0.4, 0.5) is 4.79 Å². The molecular formula is C14H14IO5S-. The zero-order valence-electron chi connectivity index (χ0n) is 11.1. The van der Waals surface area contributed by atoms with Crippen molar-refractivity contribution in [2.24, 2.45) is 5.92 Å². The van der Waals surface area contributed by atoms with E-state index >= 15 is 0 Å². The second-order valence-corrected chi connectivity index (χ2v) is 10.4. The summed E-state index contributed by atoms with van der Waals surface area (Å²) < 4.78 is 18.0. The van der Waals surface area contributed by atoms with Crippen LogP contribution in [0.25, 0.3) is 0 Å². The summed E-state index contributed by atoms with van der Waals surface area (Å²) in [7, 11) is 0. The van der Waals surface area contributed by atoms with Gasteiger partial charge in [-0.2, -0.15) is 0 Å². The zero-order valence-corrected chi connectivity index (χ0v) is 14.1. The average Bonchev–Trinajstić information content (AvgIpc) is 3.27. The first-order chi connectivity index (χ1) is 10.1. The van der Waals surface area contributed by atoms with E-state index in [1.54, 1.807) is 0 Å². The van der Waals surface area contributed by atoms with E-state index in [4.69, 9.17) is 14.2 Å². The molecule has 5 nitrogen and oxygen atoms in total. The first kappa shape index (κ1) is 13.2. The third kappa shape index (κ3) is 2.15. The zero-order chi connectivity index (χ0) is 14.2. The maximum absolute atomic E-state index is 12.0. The molecule has 1 aliphatic carbocycles. The first-order valence-corrected chi connectivity index (χ1v) is 10.4. The Morgan fingerprint density at radius 2 is 2.19 bits per heavy atom. The van der Waals surface area contributed by atoms with Crippen LogP contribution in [0.1, 0.15) is 25.7 Å². The van der Waals surface area contributed by atoms with Gasteiger partial charge in [0.1, 0.15) is 0 Å². The van der Waals surface area contributed by atoms with Gasteiger partial charge in [0.05, 0.1) is 0 Å². The number of epoxide rings is 1. The van der Waals surface area contributed by atoms with Gasteiger partial charge in [-0.05, 0) is 0 Å². The molecule has 0 aromatic heterocycles. The molecule has 5 aliphatic rings. The fraction of sp³-hybridized carbons (Fsp3) is 0.714. The number of thioether (sulfide) groups is 1. The summed E-state index contributed by atoms with van der Waals surface area (Å²) in [6.45, 7) is 0. The van der Waals surface area contributed by atoms with Gasteiger partial charge in [-0.1, -0.05) is 0 Å². The molecule has 114 valence electrons. The van der Waals surface area contributed by atoms with Crippen LogP contribution in [-0.2, 0) is 19.0 Å². The fourth-order valence-electron chi connectivity index (χ4n) is 3.43. The van der Waals surface area contributed by atoms with Crippen molar-refractivity contribution in [3.05, 3.63) is 9.66 Å². The Kier molecular flexibility index (Phi) is 2.75. The van der Waals surface area contributed by atoms with Crippen molar-refractivity contribution in [1.82, 2.24) is 0 Å². The van der Waals surface area contributed by atoms with E-state index in [1.165, 1.54) is 24.6 Å². The molecule has 21 heavy (non-hydrogen) atoms. The molecule has 5 atom stereocenters. The summed E-state index contributed by atoms with van der Waals surface area (Å²) in [4.78, 5) is 23.7. The molecule has 0 amide bonds. The van der Waals surface area contributed by atoms with Crippen molar-refractivity contribution < 1.29 is 45.0 Å². The Bertz CT molecular complexity index is 574. The summed E-state index contributed by atoms with van der Waals surface area (Å²) in [6, 6.07) is 0. The molecule has 0 unspecified atom stereocenters. The molecule has 2 saturated heterocycles. The minimum absolute atomic E-state index is 0.109. The predicted molar refractivity (Wildman–Crippen MR) is 69.2 cm³/mol. The van der Waals surface area contributed by atoms with E-state index in [0.29, 0.717) is 0 Å². The molecule has 0 aromatic rings. The quantitative estimate of drug-likeness (QED) is 0.242. The van der Waals surface area contributed by atoms with Crippen molar-refractivity contribution in [1.29, 1.82) is 0 Å². The molecule has 2 bridgehead atoms. The van der Waals surface area contributed by atoms with Gasteiger partial charge in [0.2, 0.25) is 0 Å². The summed E-state index contributed by atoms with van der Waals surface area (Å²) in [5.74, 6) is 0.560. The van der Waals surface area contributed by atoms with E-state index < -0.39 is 21.2 Å². The first-order valence-electron chi connectivity index (χ1n) is 7.24. The topological polar surface area (TPSA) is 65.1 Å². The van der Waals surface area contributed by atoms with Gasteiger partial charge >= 0.3 is 136 Å². The normalized spacial score (nSPS) is 47.7. The van der Waals surface area contributed by atoms with E-state index in [0.717, 1.165) is 22.3 Å². The molecule has 7 heteroatoms. The van der Waals surface area contributed by atoms with E-state index in [-0.39, 0.29) is 38.4 Å². The molecular weight excluding hydrogens is 407 g/mol. The Hall–Kier alpha value is -0.280. The van der Waals surface area contributed by atoms with Crippen LogP contribution in [0, 0.1) is 5.92 Å². The van der Waals surface area contributed by atoms with Crippen LogP contribution in [-0.4, -0.2) is 38.4 Å².